The number of rotatable bonds is 1. The summed E-state index contributed by atoms with van der Waals surface area (Å²) in [4.78, 5) is 10.8. The maximum absolute atomic E-state index is 10.8. The first-order valence-corrected chi connectivity index (χ1v) is 4.09. The number of nitrogens with zero attached hydrogens (tertiary/aromatic N) is 1. The molecule has 1 aromatic rings. The molecule has 1 aromatic carbocycles. The Hall–Kier alpha value is -2.46. The first kappa shape index (κ1) is 10.6. The second-order valence-electron chi connectivity index (χ2n) is 2.94. The molecule has 0 aliphatic carbocycles. The van der Waals surface area contributed by atoms with Gasteiger partial charge in [-0.15, -0.1) is 0 Å². The van der Waals surface area contributed by atoms with Crippen LogP contribution in [0.25, 0.3) is 0 Å². The number of hydrogen-bond acceptors (Lipinski definition) is 3. The highest BCUT2D eigenvalue weighted by Crippen LogP contribution is 2.19. The molecule has 0 unspecified atom stereocenters. The minimum absolute atomic E-state index is 0.0113. The Morgan fingerprint density at radius 2 is 2.20 bits per heavy atom. The Morgan fingerprint density at radius 3 is 2.73 bits per heavy atom. The maximum Gasteiger partial charge on any atom is 0.337 e. The Bertz CT molecular complexity index is 516. The van der Waals surface area contributed by atoms with E-state index in [1.54, 1.807) is 19.1 Å². The van der Waals surface area contributed by atoms with Crippen LogP contribution in [-0.2, 0) is 0 Å². The number of nitrogen functional groups attached to an aromatic ring is 1. The van der Waals surface area contributed by atoms with Gasteiger partial charge in [-0.3, -0.25) is 0 Å². The van der Waals surface area contributed by atoms with Gasteiger partial charge < -0.3 is 10.8 Å². The summed E-state index contributed by atoms with van der Waals surface area (Å²) in [5.41, 5.74) is 6.81. The van der Waals surface area contributed by atoms with Crippen LogP contribution in [0, 0.1) is 30.1 Å². The van der Waals surface area contributed by atoms with Crippen molar-refractivity contribution in [3.05, 3.63) is 28.8 Å². The molecule has 0 radical (unpaired) electrons. The predicted octanol–water partition coefficient (Wildman–Crippen LogP) is 1.15. The van der Waals surface area contributed by atoms with E-state index in [-0.39, 0.29) is 11.3 Å². The predicted molar refractivity (Wildman–Crippen MR) is 55.0 cm³/mol. The van der Waals surface area contributed by atoms with Crippen molar-refractivity contribution in [3.8, 4) is 17.9 Å². The summed E-state index contributed by atoms with van der Waals surface area (Å²) in [5, 5.41) is 17.1. The van der Waals surface area contributed by atoms with Gasteiger partial charge in [0, 0.05) is 11.5 Å². The molecule has 74 valence electrons. The molecular formula is C11H8N2O2. The van der Waals surface area contributed by atoms with E-state index >= 15 is 0 Å². The number of carbonyl (C=O) groups is 1. The fourth-order valence-electron chi connectivity index (χ4n) is 1.17. The van der Waals surface area contributed by atoms with Gasteiger partial charge in [0.2, 0.25) is 0 Å². The number of nitriles is 1. The number of hydrogen-bond donors (Lipinski definition) is 2. The highest BCUT2D eigenvalue weighted by atomic mass is 16.4. The van der Waals surface area contributed by atoms with E-state index in [0.717, 1.165) is 5.56 Å². The molecule has 0 aliphatic rings. The van der Waals surface area contributed by atoms with Crippen molar-refractivity contribution in [1.29, 1.82) is 5.26 Å². The number of carboxylic acids is 1. The number of benzene rings is 1. The first-order valence-electron chi connectivity index (χ1n) is 4.09. The lowest BCUT2D eigenvalue weighted by Gasteiger charge is -2.04. The van der Waals surface area contributed by atoms with Gasteiger partial charge in [-0.1, -0.05) is 0 Å². The molecule has 4 nitrogen and oxygen atoms in total. The first-order chi connectivity index (χ1) is 7.06. The van der Waals surface area contributed by atoms with Gasteiger partial charge in [0.15, 0.2) is 6.07 Å². The van der Waals surface area contributed by atoms with Crippen LogP contribution in [0.4, 0.5) is 5.69 Å². The lowest BCUT2D eigenvalue weighted by Crippen LogP contribution is -2.05. The van der Waals surface area contributed by atoms with E-state index < -0.39 is 5.97 Å². The van der Waals surface area contributed by atoms with Crippen LogP contribution < -0.4 is 5.73 Å². The summed E-state index contributed by atoms with van der Waals surface area (Å²) in [6, 6.07) is 4.76. The lowest BCUT2D eigenvalue weighted by molar-refractivity contribution is 0.0698. The highest BCUT2D eigenvalue weighted by Gasteiger charge is 2.11. The van der Waals surface area contributed by atoms with Crippen molar-refractivity contribution in [3.63, 3.8) is 0 Å². The average Bonchev–Trinajstić information content (AvgIpc) is 2.18. The van der Waals surface area contributed by atoms with E-state index in [1.165, 1.54) is 6.07 Å². The molecule has 15 heavy (non-hydrogen) atoms. The highest BCUT2D eigenvalue weighted by molar-refractivity contribution is 5.95. The van der Waals surface area contributed by atoms with E-state index in [1.807, 2.05) is 0 Å². The zero-order chi connectivity index (χ0) is 11.4. The van der Waals surface area contributed by atoms with Crippen molar-refractivity contribution in [1.82, 2.24) is 0 Å². The van der Waals surface area contributed by atoms with E-state index in [2.05, 4.69) is 11.8 Å². The largest absolute Gasteiger partial charge is 0.478 e. The van der Waals surface area contributed by atoms with Crippen molar-refractivity contribution in [2.45, 2.75) is 6.92 Å². The van der Waals surface area contributed by atoms with Crippen molar-refractivity contribution >= 4 is 11.7 Å². The molecule has 0 aliphatic heterocycles. The monoisotopic (exact) mass is 200 g/mol. The smallest absolute Gasteiger partial charge is 0.337 e. The molecule has 1 rings (SSSR count). The van der Waals surface area contributed by atoms with Gasteiger partial charge in [0.25, 0.3) is 0 Å². The number of aryl methyl sites for hydroxylation is 1. The van der Waals surface area contributed by atoms with Gasteiger partial charge in [-0.25, -0.2) is 4.79 Å². The van der Waals surface area contributed by atoms with Gasteiger partial charge in [-0.05, 0) is 30.5 Å². The minimum atomic E-state index is -1.10. The second-order valence-corrected chi connectivity index (χ2v) is 2.94. The number of anilines is 1. The van der Waals surface area contributed by atoms with Crippen molar-refractivity contribution in [2.75, 3.05) is 5.73 Å². The van der Waals surface area contributed by atoms with Crippen LogP contribution in [-0.4, -0.2) is 11.1 Å². The Labute approximate surface area is 86.9 Å². The number of aromatic carboxylic acids is 1. The van der Waals surface area contributed by atoms with E-state index in [0.29, 0.717) is 5.56 Å². The van der Waals surface area contributed by atoms with Crippen LogP contribution >= 0.6 is 0 Å². The molecular weight excluding hydrogens is 192 g/mol. The third kappa shape index (κ3) is 2.26. The van der Waals surface area contributed by atoms with Crippen LogP contribution in [0.1, 0.15) is 21.5 Å². The minimum Gasteiger partial charge on any atom is -0.478 e. The molecule has 0 fully saturated rings. The molecule has 0 heterocycles. The molecule has 3 N–H and O–H groups in total. The molecule has 0 aromatic heterocycles. The molecule has 0 saturated heterocycles. The summed E-state index contributed by atoms with van der Waals surface area (Å²) >= 11 is 0. The maximum atomic E-state index is 10.8. The van der Waals surface area contributed by atoms with E-state index in [4.69, 9.17) is 16.1 Å². The topological polar surface area (TPSA) is 87.1 Å². The van der Waals surface area contributed by atoms with Gasteiger partial charge >= 0.3 is 5.97 Å². The normalized spacial score (nSPS) is 8.53. The summed E-state index contributed by atoms with van der Waals surface area (Å²) in [6.45, 7) is 1.74. The quantitative estimate of drug-likeness (QED) is 0.525. The lowest BCUT2D eigenvalue weighted by atomic mass is 10.0. The zero-order valence-electron chi connectivity index (χ0n) is 8.03. The molecule has 0 bridgehead atoms. The SMILES string of the molecule is Cc1cc(C#CC#N)c(N)c(C(=O)O)c1. The Morgan fingerprint density at radius 1 is 1.53 bits per heavy atom. The molecule has 0 atom stereocenters. The van der Waals surface area contributed by atoms with Crippen LogP contribution in [0.5, 0.6) is 0 Å². The zero-order valence-corrected chi connectivity index (χ0v) is 8.03. The Kier molecular flexibility index (Phi) is 2.95. The number of nitrogens with two attached hydrogens (primary N) is 1. The Balaban J connectivity index is 3.42. The molecule has 0 saturated carbocycles. The summed E-state index contributed by atoms with van der Waals surface area (Å²) < 4.78 is 0. The average molecular weight is 200 g/mol. The van der Waals surface area contributed by atoms with Crippen LogP contribution in [0.15, 0.2) is 12.1 Å². The molecule has 0 spiro atoms. The summed E-state index contributed by atoms with van der Waals surface area (Å²) in [6.07, 6.45) is 0. The standard InChI is InChI=1S/C11H8N2O2/c1-7-5-8(3-2-4-12)10(13)9(6-7)11(14)15/h5-6H,13H2,1H3,(H,14,15). The van der Waals surface area contributed by atoms with E-state index in [9.17, 15) is 4.79 Å². The number of carboxylic acid groups (broad SMARTS) is 1. The fraction of sp³-hybridized carbons (Fsp3) is 0.0909. The molecule has 4 heteroatoms. The fourth-order valence-corrected chi connectivity index (χ4v) is 1.17. The second kappa shape index (κ2) is 4.17. The third-order valence-electron chi connectivity index (χ3n) is 1.81. The van der Waals surface area contributed by atoms with Crippen LogP contribution in [0.3, 0.4) is 0 Å². The van der Waals surface area contributed by atoms with Crippen molar-refractivity contribution in [2.24, 2.45) is 0 Å². The van der Waals surface area contributed by atoms with Gasteiger partial charge in [0.1, 0.15) is 0 Å². The summed E-state index contributed by atoms with van der Waals surface area (Å²) in [5.74, 6) is 3.58. The van der Waals surface area contributed by atoms with Gasteiger partial charge in [0.05, 0.1) is 11.3 Å². The third-order valence-corrected chi connectivity index (χ3v) is 1.81. The molecule has 0 amide bonds. The van der Waals surface area contributed by atoms with Crippen LogP contribution in [0.2, 0.25) is 0 Å². The van der Waals surface area contributed by atoms with Gasteiger partial charge in [-0.2, -0.15) is 5.26 Å². The summed E-state index contributed by atoms with van der Waals surface area (Å²) in [7, 11) is 0. The van der Waals surface area contributed by atoms with Crippen molar-refractivity contribution < 1.29 is 9.90 Å².